The van der Waals surface area contributed by atoms with E-state index in [1.54, 1.807) is 6.07 Å². The monoisotopic (exact) mass is 503 g/mol. The lowest BCUT2D eigenvalue weighted by Gasteiger charge is -2.42. The summed E-state index contributed by atoms with van der Waals surface area (Å²) in [6.45, 7) is 16.1. The number of anilines is 1. The summed E-state index contributed by atoms with van der Waals surface area (Å²) >= 11 is 6.23. The van der Waals surface area contributed by atoms with Crippen LogP contribution in [0.3, 0.4) is 0 Å². The SMILES string of the molecule is CC(C)[Si](OCCS(=O)(=O)C1(c2cc(N3CCOCC3)nc(Cl)n2)CC1)(C(C)C)C(C)C. The Morgan fingerprint density at radius 3 is 2.16 bits per heavy atom. The fourth-order valence-electron chi connectivity index (χ4n) is 5.46. The lowest BCUT2D eigenvalue weighted by atomic mass is 10.2. The third-order valence-electron chi connectivity index (χ3n) is 7.20. The number of halogens is 1. The van der Waals surface area contributed by atoms with Gasteiger partial charge in [0.25, 0.3) is 0 Å². The minimum atomic E-state index is -3.46. The van der Waals surface area contributed by atoms with Gasteiger partial charge in [-0.05, 0) is 41.1 Å². The van der Waals surface area contributed by atoms with E-state index >= 15 is 0 Å². The number of nitrogens with zero attached hydrogens (tertiary/aromatic N) is 3. The summed E-state index contributed by atoms with van der Waals surface area (Å²) in [5.74, 6) is 0.675. The molecule has 182 valence electrons. The fraction of sp³-hybridized carbons (Fsp3) is 0.818. The molecule has 3 rings (SSSR count). The molecule has 2 fully saturated rings. The van der Waals surface area contributed by atoms with Crippen molar-refractivity contribution in [3.8, 4) is 0 Å². The van der Waals surface area contributed by atoms with Crippen molar-refractivity contribution in [1.82, 2.24) is 9.97 Å². The van der Waals surface area contributed by atoms with Crippen LogP contribution >= 0.6 is 11.6 Å². The number of morpholine rings is 1. The zero-order valence-corrected chi connectivity index (χ0v) is 22.8. The van der Waals surface area contributed by atoms with Gasteiger partial charge >= 0.3 is 0 Å². The number of ether oxygens (including phenoxy) is 1. The van der Waals surface area contributed by atoms with Crippen LogP contribution in [0.4, 0.5) is 5.82 Å². The molecule has 0 N–H and O–H groups in total. The highest BCUT2D eigenvalue weighted by Gasteiger charge is 2.57. The molecule has 1 aromatic rings. The van der Waals surface area contributed by atoms with Crippen molar-refractivity contribution in [2.45, 2.75) is 75.8 Å². The van der Waals surface area contributed by atoms with Crippen LogP contribution in [0.2, 0.25) is 21.9 Å². The van der Waals surface area contributed by atoms with Crippen LogP contribution in [0.5, 0.6) is 0 Å². The van der Waals surface area contributed by atoms with Crippen molar-refractivity contribution >= 4 is 35.6 Å². The molecule has 32 heavy (non-hydrogen) atoms. The molecule has 0 spiro atoms. The van der Waals surface area contributed by atoms with Gasteiger partial charge in [-0.2, -0.15) is 0 Å². The number of hydrogen-bond donors (Lipinski definition) is 0. The molecular weight excluding hydrogens is 466 g/mol. The Kier molecular flexibility index (Phi) is 7.97. The van der Waals surface area contributed by atoms with Crippen LogP contribution < -0.4 is 4.90 Å². The molecule has 0 aromatic carbocycles. The summed E-state index contributed by atoms with van der Waals surface area (Å²) in [6.07, 6.45) is 1.12. The molecule has 1 saturated heterocycles. The maximum atomic E-state index is 13.5. The first-order valence-electron chi connectivity index (χ1n) is 11.7. The van der Waals surface area contributed by atoms with Crippen molar-refractivity contribution in [2.75, 3.05) is 43.6 Å². The van der Waals surface area contributed by atoms with Gasteiger partial charge in [-0.25, -0.2) is 18.4 Å². The average molecular weight is 504 g/mol. The minimum absolute atomic E-state index is 0.00240. The van der Waals surface area contributed by atoms with Gasteiger partial charge in [0.2, 0.25) is 5.28 Å². The predicted octanol–water partition coefficient (Wildman–Crippen LogP) is 4.56. The molecule has 1 aliphatic carbocycles. The minimum Gasteiger partial charge on any atom is -0.415 e. The maximum Gasteiger partial charge on any atom is 0.224 e. The quantitative estimate of drug-likeness (QED) is 0.342. The average Bonchev–Trinajstić information content (AvgIpc) is 3.53. The van der Waals surface area contributed by atoms with Crippen LogP contribution in [0.1, 0.15) is 60.1 Å². The highest BCUT2D eigenvalue weighted by atomic mass is 35.5. The highest BCUT2D eigenvalue weighted by Crippen LogP contribution is 2.53. The molecule has 0 atom stereocenters. The third-order valence-corrected chi connectivity index (χ3v) is 16.0. The molecule has 0 amide bonds. The smallest absolute Gasteiger partial charge is 0.224 e. The molecule has 2 heterocycles. The molecule has 0 radical (unpaired) electrons. The summed E-state index contributed by atoms with van der Waals surface area (Å²) < 4.78 is 38.0. The Balaban J connectivity index is 1.79. The zero-order chi connectivity index (χ0) is 23.7. The summed E-state index contributed by atoms with van der Waals surface area (Å²) in [6, 6.07) is 1.80. The van der Waals surface area contributed by atoms with Crippen LogP contribution in [0, 0.1) is 0 Å². The first-order valence-corrected chi connectivity index (χ1v) is 15.9. The zero-order valence-electron chi connectivity index (χ0n) is 20.2. The molecule has 10 heteroatoms. The van der Waals surface area contributed by atoms with Crippen LogP contribution in [-0.2, 0) is 23.7 Å². The van der Waals surface area contributed by atoms with Crippen molar-refractivity contribution in [1.29, 1.82) is 0 Å². The van der Waals surface area contributed by atoms with Gasteiger partial charge in [0, 0.05) is 25.8 Å². The second kappa shape index (κ2) is 9.86. The Hall–Kier alpha value is -0.743. The first-order chi connectivity index (χ1) is 15.0. The second-order valence-corrected chi connectivity index (χ2v) is 18.2. The summed E-state index contributed by atoms with van der Waals surface area (Å²) in [4.78, 5) is 10.8. The maximum absolute atomic E-state index is 13.5. The number of sulfone groups is 1. The van der Waals surface area contributed by atoms with Crippen molar-refractivity contribution in [3.63, 3.8) is 0 Å². The van der Waals surface area contributed by atoms with E-state index in [0.29, 0.717) is 67.3 Å². The number of aromatic nitrogens is 2. The molecule has 1 saturated carbocycles. The molecule has 2 aliphatic rings. The number of rotatable bonds is 10. The summed E-state index contributed by atoms with van der Waals surface area (Å²) in [5, 5.41) is 0.0903. The van der Waals surface area contributed by atoms with Crippen molar-refractivity contribution in [2.24, 2.45) is 0 Å². The largest absolute Gasteiger partial charge is 0.415 e. The highest BCUT2D eigenvalue weighted by molar-refractivity contribution is 7.92. The van der Waals surface area contributed by atoms with E-state index in [-0.39, 0.29) is 17.6 Å². The van der Waals surface area contributed by atoms with E-state index in [9.17, 15) is 8.42 Å². The Morgan fingerprint density at radius 2 is 1.66 bits per heavy atom. The van der Waals surface area contributed by atoms with Gasteiger partial charge in [-0.3, -0.25) is 0 Å². The van der Waals surface area contributed by atoms with Gasteiger partial charge in [0.15, 0.2) is 18.2 Å². The summed E-state index contributed by atoms with van der Waals surface area (Å²) in [7, 11) is -5.58. The molecule has 0 bridgehead atoms. The Labute approximate surface area is 199 Å². The fourth-order valence-corrected chi connectivity index (χ4v) is 13.1. The van der Waals surface area contributed by atoms with E-state index in [1.165, 1.54) is 0 Å². The lowest BCUT2D eigenvalue weighted by Crippen LogP contribution is -2.48. The predicted molar refractivity (Wildman–Crippen MR) is 132 cm³/mol. The van der Waals surface area contributed by atoms with Crippen LogP contribution in [0.25, 0.3) is 0 Å². The standard InChI is InChI=1S/C22H38ClN3O4SSi/c1-16(2)32(17(3)4,18(5)6)30-13-14-31(27,28)22(7-8-22)19-15-20(25-21(23)24-19)26-9-11-29-12-10-26/h15-18H,7-14H2,1-6H3. The Morgan fingerprint density at radius 1 is 1.09 bits per heavy atom. The van der Waals surface area contributed by atoms with Gasteiger partial charge in [-0.15, -0.1) is 0 Å². The second-order valence-electron chi connectivity index (χ2n) is 9.96. The van der Waals surface area contributed by atoms with E-state index in [1.807, 2.05) is 0 Å². The summed E-state index contributed by atoms with van der Waals surface area (Å²) in [5.41, 5.74) is 1.75. The van der Waals surface area contributed by atoms with E-state index in [4.69, 9.17) is 20.8 Å². The molecule has 0 unspecified atom stereocenters. The Bertz CT molecular complexity index is 879. The molecule has 7 nitrogen and oxygen atoms in total. The van der Waals surface area contributed by atoms with Gasteiger partial charge in [0.05, 0.1) is 24.7 Å². The topological polar surface area (TPSA) is 81.6 Å². The van der Waals surface area contributed by atoms with Crippen molar-refractivity contribution < 1.29 is 17.6 Å². The van der Waals surface area contributed by atoms with Gasteiger partial charge in [-0.1, -0.05) is 41.5 Å². The number of hydrogen-bond acceptors (Lipinski definition) is 7. The van der Waals surface area contributed by atoms with E-state index in [2.05, 4.69) is 56.4 Å². The van der Waals surface area contributed by atoms with Crippen molar-refractivity contribution in [3.05, 3.63) is 17.0 Å². The first kappa shape index (κ1) is 25.9. The van der Waals surface area contributed by atoms with E-state index in [0.717, 1.165) is 0 Å². The molecule has 1 aliphatic heterocycles. The molecular formula is C22H38ClN3O4SSi. The van der Waals surface area contributed by atoms with Crippen LogP contribution in [-0.4, -0.2) is 65.4 Å². The lowest BCUT2D eigenvalue weighted by molar-refractivity contribution is 0.122. The molecule has 1 aromatic heterocycles. The van der Waals surface area contributed by atoms with Gasteiger partial charge in [0.1, 0.15) is 10.6 Å². The third kappa shape index (κ3) is 4.87. The van der Waals surface area contributed by atoms with Crippen LogP contribution in [0.15, 0.2) is 6.07 Å². The van der Waals surface area contributed by atoms with E-state index < -0.39 is 22.9 Å². The normalized spacial score (nSPS) is 19.2. The van der Waals surface area contributed by atoms with Gasteiger partial charge < -0.3 is 14.1 Å².